The lowest BCUT2D eigenvalue weighted by atomic mass is 9.95. The molecule has 1 aliphatic carbocycles. The molecule has 0 radical (unpaired) electrons. The normalized spacial score (nSPS) is 29.0. The number of amides is 1. The van der Waals surface area contributed by atoms with Gasteiger partial charge in [0.05, 0.1) is 0 Å². The number of nitrogens with one attached hydrogen (secondary N) is 1. The predicted molar refractivity (Wildman–Crippen MR) is 89.6 cm³/mol. The second kappa shape index (κ2) is 7.87. The molecule has 3 rings (SSSR count). The van der Waals surface area contributed by atoms with E-state index in [2.05, 4.69) is 22.0 Å². The van der Waals surface area contributed by atoms with Gasteiger partial charge in [0.1, 0.15) is 0 Å². The van der Waals surface area contributed by atoms with Crippen LogP contribution in [-0.4, -0.2) is 48.0 Å². The standard InChI is InChI=1S/C17H30N2OS/c20-17(11-14-3-1-2-4-14)18-12-15-5-8-19(9-6-15)16-7-10-21-13-16/h14-16H,1-13H2,(H,18,20)/t16-/m1/s1. The minimum atomic E-state index is 0.302. The fraction of sp³-hybridized carbons (Fsp3) is 0.941. The molecule has 1 amide bonds. The van der Waals surface area contributed by atoms with E-state index in [4.69, 9.17) is 0 Å². The van der Waals surface area contributed by atoms with Crippen molar-refractivity contribution in [3.63, 3.8) is 0 Å². The molecule has 0 unspecified atom stereocenters. The van der Waals surface area contributed by atoms with Crippen LogP contribution < -0.4 is 5.32 Å². The minimum absolute atomic E-state index is 0.302. The molecule has 0 bridgehead atoms. The first-order valence-electron chi connectivity index (χ1n) is 8.90. The monoisotopic (exact) mass is 310 g/mol. The minimum Gasteiger partial charge on any atom is -0.356 e. The Kier molecular flexibility index (Phi) is 5.87. The van der Waals surface area contributed by atoms with Gasteiger partial charge in [-0.15, -0.1) is 0 Å². The van der Waals surface area contributed by atoms with E-state index in [1.165, 1.54) is 69.5 Å². The predicted octanol–water partition coefficient (Wildman–Crippen LogP) is 2.90. The Morgan fingerprint density at radius 1 is 1.05 bits per heavy atom. The number of nitrogens with zero attached hydrogens (tertiary/aromatic N) is 1. The van der Waals surface area contributed by atoms with Crippen LogP contribution in [0.2, 0.25) is 0 Å². The quantitative estimate of drug-likeness (QED) is 0.847. The first kappa shape index (κ1) is 15.7. The zero-order valence-corrected chi connectivity index (χ0v) is 14.0. The number of thioether (sulfide) groups is 1. The molecule has 0 aromatic heterocycles. The Hall–Kier alpha value is -0.220. The lowest BCUT2D eigenvalue weighted by Crippen LogP contribution is -2.43. The summed E-state index contributed by atoms with van der Waals surface area (Å²) in [6.45, 7) is 3.40. The average Bonchev–Trinajstić information content (AvgIpc) is 3.19. The summed E-state index contributed by atoms with van der Waals surface area (Å²) in [5.41, 5.74) is 0. The zero-order chi connectivity index (χ0) is 14.5. The van der Waals surface area contributed by atoms with Crippen LogP contribution in [0, 0.1) is 11.8 Å². The van der Waals surface area contributed by atoms with Crippen molar-refractivity contribution in [2.75, 3.05) is 31.1 Å². The van der Waals surface area contributed by atoms with Gasteiger partial charge < -0.3 is 5.32 Å². The van der Waals surface area contributed by atoms with Gasteiger partial charge in [-0.05, 0) is 62.8 Å². The van der Waals surface area contributed by atoms with E-state index in [0.717, 1.165) is 19.0 Å². The van der Waals surface area contributed by atoms with E-state index >= 15 is 0 Å². The lowest BCUT2D eigenvalue weighted by Gasteiger charge is -2.35. The molecular formula is C17H30N2OS. The van der Waals surface area contributed by atoms with Crippen molar-refractivity contribution in [3.8, 4) is 0 Å². The van der Waals surface area contributed by atoms with E-state index < -0.39 is 0 Å². The van der Waals surface area contributed by atoms with Gasteiger partial charge in [-0.3, -0.25) is 9.69 Å². The van der Waals surface area contributed by atoms with E-state index in [0.29, 0.717) is 17.7 Å². The molecule has 3 aliphatic rings. The number of hydrogen-bond acceptors (Lipinski definition) is 3. The summed E-state index contributed by atoms with van der Waals surface area (Å²) in [6.07, 6.45) is 9.89. The van der Waals surface area contributed by atoms with E-state index in [1.807, 2.05) is 0 Å². The Morgan fingerprint density at radius 3 is 2.48 bits per heavy atom. The van der Waals surface area contributed by atoms with Gasteiger partial charge in [0.25, 0.3) is 0 Å². The number of rotatable bonds is 5. The number of likely N-dealkylation sites (tertiary alicyclic amines) is 1. The maximum atomic E-state index is 12.0. The molecule has 1 atom stereocenters. The van der Waals surface area contributed by atoms with Crippen molar-refractivity contribution in [2.24, 2.45) is 11.8 Å². The highest BCUT2D eigenvalue weighted by Crippen LogP contribution is 2.28. The number of carbonyl (C=O) groups excluding carboxylic acids is 1. The molecule has 2 heterocycles. The maximum absolute atomic E-state index is 12.0. The van der Waals surface area contributed by atoms with Crippen LogP contribution in [0.15, 0.2) is 0 Å². The maximum Gasteiger partial charge on any atom is 0.220 e. The molecule has 2 saturated heterocycles. The van der Waals surface area contributed by atoms with E-state index in [9.17, 15) is 4.79 Å². The topological polar surface area (TPSA) is 32.3 Å². The zero-order valence-electron chi connectivity index (χ0n) is 13.2. The summed E-state index contributed by atoms with van der Waals surface area (Å²) < 4.78 is 0. The highest BCUT2D eigenvalue weighted by molar-refractivity contribution is 7.99. The van der Waals surface area contributed by atoms with E-state index in [1.54, 1.807) is 0 Å². The molecule has 3 fully saturated rings. The third kappa shape index (κ3) is 4.62. The van der Waals surface area contributed by atoms with Crippen LogP contribution in [-0.2, 0) is 4.79 Å². The number of piperidine rings is 1. The molecule has 0 aromatic rings. The summed E-state index contributed by atoms with van der Waals surface area (Å²) in [5, 5.41) is 3.20. The van der Waals surface area contributed by atoms with Gasteiger partial charge >= 0.3 is 0 Å². The third-order valence-electron chi connectivity index (χ3n) is 5.61. The van der Waals surface area contributed by atoms with Gasteiger partial charge in [0.15, 0.2) is 0 Å². The van der Waals surface area contributed by atoms with Crippen LogP contribution in [0.25, 0.3) is 0 Å². The lowest BCUT2D eigenvalue weighted by molar-refractivity contribution is -0.122. The second-order valence-corrected chi connectivity index (χ2v) is 8.31. The summed E-state index contributed by atoms with van der Waals surface area (Å²) in [7, 11) is 0. The van der Waals surface area contributed by atoms with Crippen LogP contribution >= 0.6 is 11.8 Å². The van der Waals surface area contributed by atoms with Gasteiger partial charge in [-0.25, -0.2) is 0 Å². The fourth-order valence-electron chi connectivity index (χ4n) is 4.14. The Labute approximate surface area is 133 Å². The fourth-order valence-corrected chi connectivity index (χ4v) is 5.39. The van der Waals surface area contributed by atoms with Crippen LogP contribution in [0.4, 0.5) is 0 Å². The highest BCUT2D eigenvalue weighted by Gasteiger charge is 2.27. The van der Waals surface area contributed by atoms with E-state index in [-0.39, 0.29) is 0 Å². The molecule has 0 aromatic carbocycles. The van der Waals surface area contributed by atoms with Crippen molar-refractivity contribution in [1.29, 1.82) is 0 Å². The Balaban J connectivity index is 1.30. The summed E-state index contributed by atoms with van der Waals surface area (Å²) >= 11 is 2.11. The van der Waals surface area contributed by atoms with Gasteiger partial charge in [0.2, 0.25) is 5.91 Å². The van der Waals surface area contributed by atoms with Crippen molar-refractivity contribution in [2.45, 2.75) is 57.4 Å². The van der Waals surface area contributed by atoms with Crippen molar-refractivity contribution < 1.29 is 4.79 Å². The first-order chi connectivity index (χ1) is 10.3. The molecule has 21 heavy (non-hydrogen) atoms. The van der Waals surface area contributed by atoms with Crippen molar-refractivity contribution in [1.82, 2.24) is 10.2 Å². The smallest absolute Gasteiger partial charge is 0.220 e. The molecule has 1 N–H and O–H groups in total. The third-order valence-corrected chi connectivity index (χ3v) is 6.75. The molecule has 2 aliphatic heterocycles. The van der Waals surface area contributed by atoms with Gasteiger partial charge in [0, 0.05) is 24.8 Å². The average molecular weight is 311 g/mol. The molecule has 120 valence electrons. The summed E-state index contributed by atoms with van der Waals surface area (Å²) in [6, 6.07) is 0.841. The van der Waals surface area contributed by atoms with Gasteiger partial charge in [-0.2, -0.15) is 11.8 Å². The van der Waals surface area contributed by atoms with Crippen LogP contribution in [0.5, 0.6) is 0 Å². The molecule has 1 saturated carbocycles. The largest absolute Gasteiger partial charge is 0.356 e. The first-order valence-corrected chi connectivity index (χ1v) is 10.0. The second-order valence-electron chi connectivity index (χ2n) is 7.16. The van der Waals surface area contributed by atoms with Crippen LogP contribution in [0.1, 0.15) is 51.4 Å². The highest BCUT2D eigenvalue weighted by atomic mass is 32.2. The summed E-state index contributed by atoms with van der Waals surface area (Å²) in [5.74, 6) is 4.37. The van der Waals surface area contributed by atoms with Gasteiger partial charge in [-0.1, -0.05) is 12.8 Å². The number of hydrogen-bond donors (Lipinski definition) is 1. The van der Waals surface area contributed by atoms with Crippen molar-refractivity contribution in [3.05, 3.63) is 0 Å². The summed E-state index contributed by atoms with van der Waals surface area (Å²) in [4.78, 5) is 14.7. The molecule has 3 nitrogen and oxygen atoms in total. The van der Waals surface area contributed by atoms with Crippen molar-refractivity contribution >= 4 is 17.7 Å². The molecule has 0 spiro atoms. The SMILES string of the molecule is O=C(CC1CCCC1)NCC1CCN([C@@H]2CCSC2)CC1. The number of carbonyl (C=O) groups is 1. The Morgan fingerprint density at radius 2 is 1.81 bits per heavy atom. The van der Waals surface area contributed by atoms with Crippen LogP contribution in [0.3, 0.4) is 0 Å². The molecular weight excluding hydrogens is 280 g/mol. The Bertz CT molecular complexity index is 330. The molecule has 4 heteroatoms.